The van der Waals surface area contributed by atoms with E-state index >= 15 is 0 Å². The third kappa shape index (κ3) is 2.65. The van der Waals surface area contributed by atoms with Crippen LogP contribution in [0.3, 0.4) is 0 Å². The lowest BCUT2D eigenvalue weighted by molar-refractivity contribution is 0.174. The van der Waals surface area contributed by atoms with Gasteiger partial charge in [0.2, 0.25) is 6.79 Å². The first kappa shape index (κ1) is 13.8. The second kappa shape index (κ2) is 5.75. The Balaban J connectivity index is 1.58. The van der Waals surface area contributed by atoms with E-state index in [1.807, 2.05) is 24.3 Å². The lowest BCUT2D eigenvalue weighted by atomic mass is 10.2. The number of nitrogens with zero attached hydrogens (tertiary/aromatic N) is 4. The van der Waals surface area contributed by atoms with E-state index in [1.165, 1.54) is 6.33 Å². The Bertz CT molecular complexity index is 846. The molecule has 0 atom stereocenters. The molecule has 1 aliphatic heterocycles. The second-order valence-corrected chi connectivity index (χ2v) is 5.40. The average Bonchev–Trinajstić information content (AvgIpc) is 3.21. The molecule has 0 bridgehead atoms. The van der Waals surface area contributed by atoms with Gasteiger partial charge in [0, 0.05) is 18.3 Å². The first-order valence-electron chi connectivity index (χ1n) is 7.65. The van der Waals surface area contributed by atoms with Crippen LogP contribution < -0.4 is 14.8 Å². The highest BCUT2D eigenvalue weighted by molar-refractivity contribution is 5.48. The van der Waals surface area contributed by atoms with Gasteiger partial charge >= 0.3 is 0 Å². The molecule has 0 radical (unpaired) electrons. The lowest BCUT2D eigenvalue weighted by Crippen LogP contribution is -2.07. The van der Waals surface area contributed by atoms with Crippen LogP contribution in [0.1, 0.15) is 24.6 Å². The number of rotatable bonds is 5. The maximum Gasteiger partial charge on any atom is 0.254 e. The fourth-order valence-corrected chi connectivity index (χ4v) is 2.61. The summed E-state index contributed by atoms with van der Waals surface area (Å²) in [5, 5.41) is 7.63. The summed E-state index contributed by atoms with van der Waals surface area (Å²) >= 11 is 0. The fraction of sp³-hybridized carbons (Fsp3) is 0.312. The van der Waals surface area contributed by atoms with Crippen LogP contribution in [-0.4, -0.2) is 26.4 Å². The zero-order valence-electron chi connectivity index (χ0n) is 12.8. The van der Waals surface area contributed by atoms with Crippen LogP contribution in [0.5, 0.6) is 11.5 Å². The van der Waals surface area contributed by atoms with E-state index in [9.17, 15) is 0 Å². The van der Waals surface area contributed by atoms with Gasteiger partial charge in [0.25, 0.3) is 5.78 Å². The summed E-state index contributed by atoms with van der Waals surface area (Å²) < 4.78 is 12.5. The number of aryl methyl sites for hydroxylation is 1. The highest BCUT2D eigenvalue weighted by Gasteiger charge is 2.13. The molecule has 1 aromatic carbocycles. The Hall–Kier alpha value is -2.83. The average molecular weight is 311 g/mol. The molecule has 3 heterocycles. The predicted molar refractivity (Wildman–Crippen MR) is 84.7 cm³/mol. The second-order valence-electron chi connectivity index (χ2n) is 5.40. The van der Waals surface area contributed by atoms with E-state index < -0.39 is 0 Å². The van der Waals surface area contributed by atoms with Gasteiger partial charge in [0.1, 0.15) is 12.1 Å². The van der Waals surface area contributed by atoms with Crippen molar-refractivity contribution in [2.45, 2.75) is 26.3 Å². The largest absolute Gasteiger partial charge is 0.454 e. The quantitative estimate of drug-likeness (QED) is 0.780. The first-order chi connectivity index (χ1) is 11.3. The minimum Gasteiger partial charge on any atom is -0.454 e. The van der Waals surface area contributed by atoms with Gasteiger partial charge in [-0.05, 0) is 24.1 Å². The summed E-state index contributed by atoms with van der Waals surface area (Å²) in [5.41, 5.74) is 2.12. The van der Waals surface area contributed by atoms with E-state index in [0.29, 0.717) is 12.3 Å². The Morgan fingerprint density at radius 2 is 2.13 bits per heavy atom. The number of ether oxygens (including phenoxy) is 2. The number of anilines is 1. The van der Waals surface area contributed by atoms with E-state index in [0.717, 1.165) is 41.4 Å². The third-order valence-electron chi connectivity index (χ3n) is 3.72. The Kier molecular flexibility index (Phi) is 3.45. The Morgan fingerprint density at radius 1 is 1.22 bits per heavy atom. The third-order valence-corrected chi connectivity index (χ3v) is 3.72. The Morgan fingerprint density at radius 3 is 3.04 bits per heavy atom. The summed E-state index contributed by atoms with van der Waals surface area (Å²) in [6, 6.07) is 7.97. The summed E-state index contributed by atoms with van der Waals surface area (Å²) in [4.78, 5) is 8.69. The monoisotopic (exact) mass is 311 g/mol. The molecule has 4 rings (SSSR count). The van der Waals surface area contributed by atoms with Crippen molar-refractivity contribution in [3.63, 3.8) is 0 Å². The molecule has 0 unspecified atom stereocenters. The summed E-state index contributed by atoms with van der Waals surface area (Å²) in [6.45, 7) is 3.08. The maximum absolute atomic E-state index is 5.41. The predicted octanol–water partition coefficient (Wildman–Crippen LogP) is 2.42. The highest BCUT2D eigenvalue weighted by Crippen LogP contribution is 2.32. The molecule has 0 saturated carbocycles. The topological polar surface area (TPSA) is 73.6 Å². The van der Waals surface area contributed by atoms with Crippen molar-refractivity contribution in [1.29, 1.82) is 0 Å². The smallest absolute Gasteiger partial charge is 0.254 e. The van der Waals surface area contributed by atoms with Crippen molar-refractivity contribution in [3.05, 3.63) is 41.9 Å². The summed E-state index contributed by atoms with van der Waals surface area (Å²) in [6.07, 6.45) is 3.48. The molecule has 118 valence electrons. The van der Waals surface area contributed by atoms with Crippen molar-refractivity contribution in [2.24, 2.45) is 0 Å². The van der Waals surface area contributed by atoms with Crippen LogP contribution in [0.4, 0.5) is 5.82 Å². The molecule has 0 aliphatic carbocycles. The van der Waals surface area contributed by atoms with E-state index in [-0.39, 0.29) is 6.79 Å². The molecule has 0 saturated heterocycles. The highest BCUT2D eigenvalue weighted by atomic mass is 16.7. The summed E-state index contributed by atoms with van der Waals surface area (Å²) in [7, 11) is 0. The van der Waals surface area contributed by atoms with Crippen LogP contribution >= 0.6 is 0 Å². The van der Waals surface area contributed by atoms with Crippen molar-refractivity contribution in [1.82, 2.24) is 19.6 Å². The van der Waals surface area contributed by atoms with Gasteiger partial charge in [-0.3, -0.25) is 0 Å². The molecule has 23 heavy (non-hydrogen) atoms. The molecule has 0 amide bonds. The fourth-order valence-electron chi connectivity index (χ4n) is 2.61. The number of nitrogens with one attached hydrogen (secondary N) is 1. The normalized spacial score (nSPS) is 12.7. The number of fused-ring (bicyclic) bond motifs is 2. The number of hydrogen-bond acceptors (Lipinski definition) is 6. The minimum atomic E-state index is 0.288. The zero-order valence-corrected chi connectivity index (χ0v) is 12.8. The van der Waals surface area contributed by atoms with Crippen molar-refractivity contribution in [3.8, 4) is 11.5 Å². The molecule has 3 aromatic rings. The van der Waals surface area contributed by atoms with Crippen LogP contribution in [0.25, 0.3) is 5.78 Å². The van der Waals surface area contributed by atoms with Crippen molar-refractivity contribution >= 4 is 11.6 Å². The van der Waals surface area contributed by atoms with Crippen molar-refractivity contribution in [2.75, 3.05) is 12.1 Å². The van der Waals surface area contributed by atoms with Crippen LogP contribution in [0.2, 0.25) is 0 Å². The van der Waals surface area contributed by atoms with Gasteiger partial charge in [0.05, 0.1) is 0 Å². The molecule has 1 N–H and O–H groups in total. The molecule has 7 nitrogen and oxygen atoms in total. The van der Waals surface area contributed by atoms with Gasteiger partial charge in [0.15, 0.2) is 11.5 Å². The van der Waals surface area contributed by atoms with E-state index in [1.54, 1.807) is 4.52 Å². The molecule has 2 aromatic heterocycles. The molecule has 7 heteroatoms. The van der Waals surface area contributed by atoms with Gasteiger partial charge < -0.3 is 14.8 Å². The molecular formula is C16H17N5O2. The number of hydrogen-bond donors (Lipinski definition) is 1. The molecule has 0 fully saturated rings. The van der Waals surface area contributed by atoms with Gasteiger partial charge in [-0.15, -0.1) is 0 Å². The first-order valence-corrected chi connectivity index (χ1v) is 7.65. The van der Waals surface area contributed by atoms with Gasteiger partial charge in [-0.1, -0.05) is 19.4 Å². The van der Waals surface area contributed by atoms with Gasteiger partial charge in [-0.25, -0.2) is 4.98 Å². The zero-order chi connectivity index (χ0) is 15.6. The van der Waals surface area contributed by atoms with Gasteiger partial charge in [-0.2, -0.15) is 14.6 Å². The van der Waals surface area contributed by atoms with Crippen molar-refractivity contribution < 1.29 is 9.47 Å². The van der Waals surface area contributed by atoms with Crippen LogP contribution in [0.15, 0.2) is 30.6 Å². The Labute approximate surface area is 133 Å². The molecular weight excluding hydrogens is 294 g/mol. The molecule has 0 spiro atoms. The maximum atomic E-state index is 5.41. The number of benzene rings is 1. The lowest BCUT2D eigenvalue weighted by Gasteiger charge is -2.10. The van der Waals surface area contributed by atoms with Crippen LogP contribution in [0, 0.1) is 0 Å². The molecule has 1 aliphatic rings. The van der Waals surface area contributed by atoms with E-state index in [2.05, 4.69) is 27.3 Å². The SMILES string of the molecule is CCCc1cc(NCc2ccc3c(c2)OCO3)n2ncnc2n1. The standard InChI is InChI=1S/C16H17N5O2/c1-2-3-12-7-15(21-16(20-12)18-9-19-21)17-8-11-4-5-13-14(6-11)23-10-22-13/h4-7,9,17H,2-3,8,10H2,1H3. The van der Waals surface area contributed by atoms with Crippen LogP contribution in [-0.2, 0) is 13.0 Å². The van der Waals surface area contributed by atoms with E-state index in [4.69, 9.17) is 9.47 Å². The summed E-state index contributed by atoms with van der Waals surface area (Å²) in [5.74, 6) is 3.08. The number of aromatic nitrogens is 4. The minimum absolute atomic E-state index is 0.288.